The fourth-order valence-corrected chi connectivity index (χ4v) is 3.16. The Hall–Kier alpha value is -0.410. The summed E-state index contributed by atoms with van der Waals surface area (Å²) in [5, 5.41) is 0. The number of hydrogen-bond acceptors (Lipinski definition) is 2. The van der Waals surface area contributed by atoms with E-state index < -0.39 is 0 Å². The highest BCUT2D eigenvalue weighted by Crippen LogP contribution is 2.39. The summed E-state index contributed by atoms with van der Waals surface area (Å²) in [6.07, 6.45) is 6.42. The van der Waals surface area contributed by atoms with Gasteiger partial charge in [0.2, 0.25) is 0 Å². The van der Waals surface area contributed by atoms with E-state index in [0.29, 0.717) is 18.6 Å². The van der Waals surface area contributed by atoms with Crippen molar-refractivity contribution >= 4 is 27.5 Å². The van der Waals surface area contributed by atoms with E-state index in [1.54, 1.807) is 0 Å². The Morgan fingerprint density at radius 3 is 2.63 bits per heavy atom. The molecule has 0 saturated heterocycles. The van der Waals surface area contributed by atoms with Crippen molar-refractivity contribution in [3.8, 4) is 11.5 Å². The topological polar surface area (TPSA) is 18.5 Å². The molecule has 2 nitrogen and oxygen atoms in total. The molecular weight excluding hydrogens is 328 g/mol. The first-order valence-electron chi connectivity index (χ1n) is 6.92. The maximum atomic E-state index is 6.15. The highest BCUT2D eigenvalue weighted by molar-refractivity contribution is 9.10. The van der Waals surface area contributed by atoms with Crippen LogP contribution in [0.2, 0.25) is 0 Å². The molecule has 0 amide bonds. The molecule has 0 radical (unpaired) electrons. The predicted molar refractivity (Wildman–Crippen MR) is 82.4 cm³/mol. The Morgan fingerprint density at radius 2 is 2.00 bits per heavy atom. The van der Waals surface area contributed by atoms with Gasteiger partial charge in [0, 0.05) is 5.88 Å². The Bertz CT molecular complexity index is 417. The Kier molecular flexibility index (Phi) is 5.83. The zero-order valence-electron chi connectivity index (χ0n) is 11.3. The van der Waals surface area contributed by atoms with Crippen molar-refractivity contribution in [3.63, 3.8) is 0 Å². The summed E-state index contributed by atoms with van der Waals surface area (Å²) in [6.45, 7) is 2.60. The Balaban J connectivity index is 2.20. The molecule has 2 rings (SSSR count). The van der Waals surface area contributed by atoms with Gasteiger partial charge in [-0.15, -0.1) is 11.6 Å². The average molecular weight is 348 g/mol. The van der Waals surface area contributed by atoms with Crippen LogP contribution in [0.1, 0.15) is 44.6 Å². The number of halogens is 2. The van der Waals surface area contributed by atoms with Crippen LogP contribution in [0.15, 0.2) is 16.6 Å². The summed E-state index contributed by atoms with van der Waals surface area (Å²) in [5.41, 5.74) is 1.04. The van der Waals surface area contributed by atoms with Gasteiger partial charge in [-0.05, 0) is 66.2 Å². The van der Waals surface area contributed by atoms with Crippen LogP contribution in [0, 0.1) is 0 Å². The van der Waals surface area contributed by atoms with Gasteiger partial charge in [0.25, 0.3) is 0 Å². The number of alkyl halides is 1. The lowest BCUT2D eigenvalue weighted by Crippen LogP contribution is -2.20. The van der Waals surface area contributed by atoms with E-state index in [2.05, 4.69) is 15.9 Å². The Morgan fingerprint density at radius 1 is 1.26 bits per heavy atom. The highest BCUT2D eigenvalue weighted by Gasteiger charge is 2.19. The van der Waals surface area contributed by atoms with Gasteiger partial charge < -0.3 is 9.47 Å². The molecule has 1 saturated carbocycles. The van der Waals surface area contributed by atoms with Crippen molar-refractivity contribution in [3.05, 3.63) is 22.2 Å². The van der Waals surface area contributed by atoms with Gasteiger partial charge in [0.05, 0.1) is 17.2 Å². The van der Waals surface area contributed by atoms with Gasteiger partial charge in [0.1, 0.15) is 0 Å². The number of ether oxygens (including phenoxy) is 2. The maximum Gasteiger partial charge on any atom is 0.175 e. The van der Waals surface area contributed by atoms with E-state index >= 15 is 0 Å². The molecule has 1 aliphatic carbocycles. The second kappa shape index (κ2) is 7.39. The fraction of sp³-hybridized carbons (Fsp3) is 0.600. The molecule has 0 atom stereocenters. The smallest absolute Gasteiger partial charge is 0.175 e. The maximum absolute atomic E-state index is 6.15. The lowest BCUT2D eigenvalue weighted by atomic mass is 9.98. The van der Waals surface area contributed by atoms with Crippen molar-refractivity contribution in [2.24, 2.45) is 0 Å². The second-order valence-corrected chi connectivity index (χ2v) is 5.97. The Labute approximate surface area is 128 Å². The molecule has 19 heavy (non-hydrogen) atoms. The summed E-state index contributed by atoms with van der Waals surface area (Å²) in [5.74, 6) is 2.09. The van der Waals surface area contributed by atoms with Crippen LogP contribution in [0.4, 0.5) is 0 Å². The van der Waals surface area contributed by atoms with Crippen molar-refractivity contribution in [2.75, 3.05) is 6.61 Å². The number of benzene rings is 1. The number of hydrogen-bond donors (Lipinski definition) is 0. The van der Waals surface area contributed by atoms with E-state index in [4.69, 9.17) is 21.1 Å². The molecule has 0 bridgehead atoms. The third-order valence-electron chi connectivity index (χ3n) is 3.36. The van der Waals surface area contributed by atoms with Crippen LogP contribution in [0.25, 0.3) is 0 Å². The predicted octanol–water partition coefficient (Wildman–Crippen LogP) is 5.30. The monoisotopic (exact) mass is 346 g/mol. The molecule has 4 heteroatoms. The van der Waals surface area contributed by atoms with Crippen LogP contribution in [0.3, 0.4) is 0 Å². The summed E-state index contributed by atoms with van der Waals surface area (Å²) < 4.78 is 12.8. The highest BCUT2D eigenvalue weighted by atomic mass is 79.9. The molecule has 1 aliphatic rings. The minimum absolute atomic E-state index is 0.311. The normalized spacial score (nSPS) is 16.4. The van der Waals surface area contributed by atoms with E-state index in [-0.39, 0.29) is 0 Å². The first kappa shape index (κ1) is 15.0. The van der Waals surface area contributed by atoms with Crippen LogP contribution < -0.4 is 9.47 Å². The standard InChI is InChI=1S/C15H20BrClO2/c1-2-18-14-9-11(10-17)8-13(16)15(14)19-12-6-4-3-5-7-12/h8-9,12H,2-7,10H2,1H3. The van der Waals surface area contributed by atoms with Crippen LogP contribution in [-0.4, -0.2) is 12.7 Å². The van der Waals surface area contributed by atoms with E-state index in [1.807, 2.05) is 19.1 Å². The van der Waals surface area contributed by atoms with Gasteiger partial charge >= 0.3 is 0 Å². The zero-order valence-corrected chi connectivity index (χ0v) is 13.6. The van der Waals surface area contributed by atoms with Gasteiger partial charge in [-0.2, -0.15) is 0 Å². The largest absolute Gasteiger partial charge is 0.490 e. The van der Waals surface area contributed by atoms with Crippen LogP contribution >= 0.6 is 27.5 Å². The number of rotatable bonds is 5. The fourth-order valence-electron chi connectivity index (χ4n) is 2.43. The third kappa shape index (κ3) is 4.03. The molecule has 0 aromatic heterocycles. The molecule has 0 unspecified atom stereocenters. The van der Waals surface area contributed by atoms with Gasteiger partial charge in [-0.25, -0.2) is 0 Å². The lowest BCUT2D eigenvalue weighted by Gasteiger charge is -2.25. The average Bonchev–Trinajstić information content (AvgIpc) is 2.43. The van der Waals surface area contributed by atoms with Gasteiger partial charge in [0.15, 0.2) is 11.5 Å². The van der Waals surface area contributed by atoms with E-state index in [1.165, 1.54) is 19.3 Å². The van der Waals surface area contributed by atoms with Crippen molar-refractivity contribution < 1.29 is 9.47 Å². The van der Waals surface area contributed by atoms with Crippen molar-refractivity contribution in [2.45, 2.75) is 51.0 Å². The first-order valence-corrected chi connectivity index (χ1v) is 8.25. The second-order valence-electron chi connectivity index (χ2n) is 4.85. The molecule has 106 valence electrons. The molecule has 0 spiro atoms. The van der Waals surface area contributed by atoms with Gasteiger partial charge in [-0.1, -0.05) is 6.42 Å². The summed E-state index contributed by atoms with van der Waals surface area (Å²) >= 11 is 9.47. The molecule has 0 N–H and O–H groups in total. The van der Waals surface area contributed by atoms with Crippen LogP contribution in [-0.2, 0) is 5.88 Å². The summed E-state index contributed by atoms with van der Waals surface area (Å²) in [4.78, 5) is 0. The molecule has 1 fully saturated rings. The SMILES string of the molecule is CCOc1cc(CCl)cc(Br)c1OC1CCCCC1. The molecule has 1 aromatic rings. The minimum atomic E-state index is 0.311. The minimum Gasteiger partial charge on any atom is -0.490 e. The molecule has 0 aliphatic heterocycles. The lowest BCUT2D eigenvalue weighted by molar-refractivity contribution is 0.146. The van der Waals surface area contributed by atoms with Crippen molar-refractivity contribution in [1.82, 2.24) is 0 Å². The zero-order chi connectivity index (χ0) is 13.7. The quantitative estimate of drug-likeness (QED) is 0.673. The summed E-state index contributed by atoms with van der Waals surface area (Å²) in [6, 6.07) is 3.98. The summed E-state index contributed by atoms with van der Waals surface area (Å²) in [7, 11) is 0. The molecule has 1 aromatic carbocycles. The van der Waals surface area contributed by atoms with Crippen LogP contribution in [0.5, 0.6) is 11.5 Å². The van der Waals surface area contributed by atoms with Crippen molar-refractivity contribution in [1.29, 1.82) is 0 Å². The van der Waals surface area contributed by atoms with E-state index in [0.717, 1.165) is 34.4 Å². The van der Waals surface area contributed by atoms with E-state index in [9.17, 15) is 0 Å². The first-order chi connectivity index (χ1) is 9.24. The van der Waals surface area contributed by atoms with Gasteiger partial charge in [-0.3, -0.25) is 0 Å². The molecule has 0 heterocycles. The third-order valence-corrected chi connectivity index (χ3v) is 4.26. The molecular formula is C15H20BrClO2.